The van der Waals surface area contributed by atoms with Gasteiger partial charge in [0.25, 0.3) is 0 Å². The lowest BCUT2D eigenvalue weighted by Gasteiger charge is -2.11. The second-order valence-corrected chi connectivity index (χ2v) is 4.99. The van der Waals surface area contributed by atoms with Crippen molar-refractivity contribution >= 4 is 17.6 Å². The standard InChI is InChI=1S/C12H16N2O2S/c13-12(14-15)10-5-1-2-6-11(10)17-8-9-4-3-7-16-9/h1-2,5-6,9,15H,3-4,7-8H2,(H2,13,14). The predicted octanol–water partition coefficient (Wildman–Crippen LogP) is 2.05. The highest BCUT2D eigenvalue weighted by atomic mass is 32.2. The van der Waals surface area contributed by atoms with E-state index in [1.807, 2.05) is 24.3 Å². The molecule has 3 N–H and O–H groups in total. The van der Waals surface area contributed by atoms with E-state index in [-0.39, 0.29) is 5.84 Å². The first-order valence-electron chi connectivity index (χ1n) is 5.62. The number of ether oxygens (including phenoxy) is 1. The van der Waals surface area contributed by atoms with E-state index in [1.165, 1.54) is 0 Å². The summed E-state index contributed by atoms with van der Waals surface area (Å²) in [5.74, 6) is 1.07. The molecule has 0 aromatic heterocycles. The minimum atomic E-state index is 0.153. The maximum absolute atomic E-state index is 8.72. The Bertz CT molecular complexity index is 403. The highest BCUT2D eigenvalue weighted by Gasteiger charge is 2.16. The van der Waals surface area contributed by atoms with E-state index in [2.05, 4.69) is 5.16 Å². The van der Waals surface area contributed by atoms with Gasteiger partial charge < -0.3 is 15.7 Å². The van der Waals surface area contributed by atoms with Crippen molar-refractivity contribution in [1.29, 1.82) is 0 Å². The molecule has 0 bridgehead atoms. The first-order chi connectivity index (χ1) is 8.31. The summed E-state index contributed by atoms with van der Waals surface area (Å²) in [5.41, 5.74) is 6.41. The largest absolute Gasteiger partial charge is 0.409 e. The van der Waals surface area contributed by atoms with Crippen LogP contribution in [0.3, 0.4) is 0 Å². The lowest BCUT2D eigenvalue weighted by atomic mass is 10.2. The van der Waals surface area contributed by atoms with E-state index < -0.39 is 0 Å². The Balaban J connectivity index is 2.04. The minimum absolute atomic E-state index is 0.153. The molecule has 1 aromatic rings. The predicted molar refractivity (Wildman–Crippen MR) is 68.7 cm³/mol. The molecule has 4 nitrogen and oxygen atoms in total. The van der Waals surface area contributed by atoms with Crippen LogP contribution in [0.4, 0.5) is 0 Å². The van der Waals surface area contributed by atoms with Gasteiger partial charge in [0, 0.05) is 22.8 Å². The van der Waals surface area contributed by atoms with Gasteiger partial charge in [-0.05, 0) is 18.9 Å². The van der Waals surface area contributed by atoms with Gasteiger partial charge in [-0.1, -0.05) is 23.4 Å². The maximum atomic E-state index is 8.72. The molecular formula is C12H16N2O2S. The van der Waals surface area contributed by atoms with E-state index in [4.69, 9.17) is 15.7 Å². The van der Waals surface area contributed by atoms with Crippen molar-refractivity contribution in [3.63, 3.8) is 0 Å². The van der Waals surface area contributed by atoms with Crippen LogP contribution in [-0.2, 0) is 4.74 Å². The minimum Gasteiger partial charge on any atom is -0.409 e. The van der Waals surface area contributed by atoms with E-state index in [9.17, 15) is 0 Å². The molecule has 1 unspecified atom stereocenters. The van der Waals surface area contributed by atoms with E-state index in [0.717, 1.165) is 35.7 Å². The molecule has 1 aliphatic heterocycles. The Labute approximate surface area is 105 Å². The molecule has 0 amide bonds. The zero-order valence-electron chi connectivity index (χ0n) is 9.50. The summed E-state index contributed by atoms with van der Waals surface area (Å²) in [5, 5.41) is 11.8. The fourth-order valence-electron chi connectivity index (χ4n) is 1.82. The zero-order chi connectivity index (χ0) is 12.1. The van der Waals surface area contributed by atoms with E-state index in [1.54, 1.807) is 11.8 Å². The number of nitrogens with zero attached hydrogens (tertiary/aromatic N) is 1. The van der Waals surface area contributed by atoms with Gasteiger partial charge in [0.05, 0.1) is 6.10 Å². The molecule has 0 aliphatic carbocycles. The Kier molecular flexibility index (Phi) is 4.28. The third kappa shape index (κ3) is 3.14. The van der Waals surface area contributed by atoms with Gasteiger partial charge in [-0.15, -0.1) is 11.8 Å². The summed E-state index contributed by atoms with van der Waals surface area (Å²) in [6.07, 6.45) is 2.60. The molecule has 1 atom stereocenters. The molecule has 2 rings (SSSR count). The monoisotopic (exact) mass is 252 g/mol. The highest BCUT2D eigenvalue weighted by Crippen LogP contribution is 2.26. The molecule has 1 aromatic carbocycles. The molecule has 0 saturated carbocycles. The number of thioether (sulfide) groups is 1. The van der Waals surface area contributed by atoms with Crippen LogP contribution in [0.5, 0.6) is 0 Å². The fourth-order valence-corrected chi connectivity index (χ4v) is 2.95. The number of rotatable bonds is 4. The van der Waals surface area contributed by atoms with Gasteiger partial charge in [0.2, 0.25) is 0 Å². The first-order valence-corrected chi connectivity index (χ1v) is 6.61. The van der Waals surface area contributed by atoms with Gasteiger partial charge >= 0.3 is 0 Å². The van der Waals surface area contributed by atoms with Crippen LogP contribution in [0.15, 0.2) is 34.3 Å². The van der Waals surface area contributed by atoms with Crippen molar-refractivity contribution < 1.29 is 9.94 Å². The smallest absolute Gasteiger partial charge is 0.171 e. The summed E-state index contributed by atoms with van der Waals surface area (Å²) in [6, 6.07) is 7.66. The zero-order valence-corrected chi connectivity index (χ0v) is 10.3. The summed E-state index contributed by atoms with van der Waals surface area (Å²) in [7, 11) is 0. The van der Waals surface area contributed by atoms with Crippen molar-refractivity contribution in [2.45, 2.75) is 23.8 Å². The Morgan fingerprint density at radius 2 is 2.35 bits per heavy atom. The molecule has 1 fully saturated rings. The van der Waals surface area contributed by atoms with Crippen LogP contribution >= 0.6 is 11.8 Å². The second kappa shape index (κ2) is 5.93. The normalized spacial score (nSPS) is 20.7. The first kappa shape index (κ1) is 12.3. The van der Waals surface area contributed by atoms with Crippen LogP contribution < -0.4 is 5.73 Å². The third-order valence-corrected chi connectivity index (χ3v) is 3.92. The van der Waals surface area contributed by atoms with Crippen LogP contribution in [-0.4, -0.2) is 29.5 Å². The molecule has 0 radical (unpaired) electrons. The van der Waals surface area contributed by atoms with Crippen molar-refractivity contribution in [1.82, 2.24) is 0 Å². The summed E-state index contributed by atoms with van der Waals surface area (Å²) in [4.78, 5) is 1.03. The van der Waals surface area contributed by atoms with Crippen LogP contribution in [0, 0.1) is 0 Å². The lowest BCUT2D eigenvalue weighted by molar-refractivity contribution is 0.129. The van der Waals surface area contributed by atoms with Crippen LogP contribution in [0.2, 0.25) is 0 Å². The average molecular weight is 252 g/mol. The van der Waals surface area contributed by atoms with Crippen molar-refractivity contribution in [2.24, 2.45) is 10.9 Å². The van der Waals surface area contributed by atoms with Crippen LogP contribution in [0.25, 0.3) is 0 Å². The number of hydrogen-bond donors (Lipinski definition) is 2. The van der Waals surface area contributed by atoms with Crippen molar-refractivity contribution in [2.75, 3.05) is 12.4 Å². The lowest BCUT2D eigenvalue weighted by Crippen LogP contribution is -2.15. The summed E-state index contributed by atoms with van der Waals surface area (Å²) >= 11 is 1.69. The molecule has 1 aliphatic rings. The molecule has 1 saturated heterocycles. The summed E-state index contributed by atoms with van der Waals surface area (Å²) in [6.45, 7) is 0.868. The maximum Gasteiger partial charge on any atom is 0.171 e. The van der Waals surface area contributed by atoms with Gasteiger partial charge in [0.15, 0.2) is 5.84 Å². The number of nitrogens with two attached hydrogens (primary N) is 1. The van der Waals surface area contributed by atoms with E-state index >= 15 is 0 Å². The fraction of sp³-hybridized carbons (Fsp3) is 0.417. The van der Waals surface area contributed by atoms with Gasteiger partial charge in [-0.2, -0.15) is 0 Å². The Morgan fingerprint density at radius 3 is 3.06 bits per heavy atom. The molecular weight excluding hydrogens is 236 g/mol. The molecule has 92 valence electrons. The summed E-state index contributed by atoms with van der Waals surface area (Å²) < 4.78 is 5.57. The van der Waals surface area contributed by atoms with Gasteiger partial charge in [-0.3, -0.25) is 0 Å². The molecule has 1 heterocycles. The van der Waals surface area contributed by atoms with Crippen molar-refractivity contribution in [3.05, 3.63) is 29.8 Å². The van der Waals surface area contributed by atoms with Crippen LogP contribution in [0.1, 0.15) is 18.4 Å². The Morgan fingerprint density at radius 1 is 1.53 bits per heavy atom. The average Bonchev–Trinajstić information content (AvgIpc) is 2.89. The third-order valence-electron chi connectivity index (χ3n) is 2.72. The Hall–Kier alpha value is -1.20. The van der Waals surface area contributed by atoms with E-state index in [0.29, 0.717) is 6.10 Å². The molecule has 0 spiro atoms. The van der Waals surface area contributed by atoms with Crippen molar-refractivity contribution in [3.8, 4) is 0 Å². The molecule has 5 heteroatoms. The number of benzene rings is 1. The quantitative estimate of drug-likeness (QED) is 0.283. The second-order valence-electron chi connectivity index (χ2n) is 3.93. The number of oxime groups is 1. The molecule has 17 heavy (non-hydrogen) atoms. The topological polar surface area (TPSA) is 67.8 Å². The SMILES string of the molecule is N/C(=N/O)c1ccccc1SCC1CCCO1. The number of amidine groups is 1. The number of hydrogen-bond acceptors (Lipinski definition) is 4. The highest BCUT2D eigenvalue weighted by molar-refractivity contribution is 7.99. The van der Waals surface area contributed by atoms with Gasteiger partial charge in [-0.25, -0.2) is 0 Å². The van der Waals surface area contributed by atoms with Gasteiger partial charge in [0.1, 0.15) is 0 Å².